The van der Waals surface area contributed by atoms with Gasteiger partial charge in [-0.25, -0.2) is 0 Å². The van der Waals surface area contributed by atoms with E-state index in [1.165, 1.54) is 0 Å². The van der Waals surface area contributed by atoms with Gasteiger partial charge in [0, 0.05) is 40.1 Å². The number of Topliss-reactive ketones (excluding diaryl/α,β-unsaturated/α-hetero) is 2. The maximum Gasteiger partial charge on any atom is 0.196 e. The molecule has 64 heavy (non-hydrogen) atoms. The normalized spacial score (nSPS) is 30.6. The number of carbonyl (C=O) groups is 2. The number of aryl methyl sites for hydroxylation is 3. The minimum atomic E-state index is -1.76. The summed E-state index contributed by atoms with van der Waals surface area (Å²) in [4.78, 5) is 38.0. The van der Waals surface area contributed by atoms with Crippen molar-refractivity contribution >= 4 is 33.4 Å². The van der Waals surface area contributed by atoms with Gasteiger partial charge in [-0.05, 0) is 131 Å². The van der Waals surface area contributed by atoms with Gasteiger partial charge in [0.05, 0.1) is 29.6 Å². The second kappa shape index (κ2) is 17.9. The fourth-order valence-corrected chi connectivity index (χ4v) is 10.5. The second-order valence-corrected chi connectivity index (χ2v) is 18.2. The van der Waals surface area contributed by atoms with E-state index in [-0.39, 0.29) is 54.0 Å². The average Bonchev–Trinajstić information content (AvgIpc) is 3.60. The zero-order chi connectivity index (χ0) is 45.7. The van der Waals surface area contributed by atoms with Gasteiger partial charge in [0.1, 0.15) is 23.7 Å². The number of hydrogen-bond acceptors (Lipinski definition) is 10. The third kappa shape index (κ3) is 8.26. The predicted octanol–water partition coefficient (Wildman–Crippen LogP) is 8.20. The molecule has 2 aromatic heterocycles. The molecule has 0 amide bonds. The van der Waals surface area contributed by atoms with Crippen LogP contribution in [0, 0.1) is 44.5 Å². The number of nitrogens with zero attached hydrogens (tertiary/aromatic N) is 1. The Kier molecular flexibility index (Phi) is 12.6. The third-order valence-corrected chi connectivity index (χ3v) is 13.3. The number of allylic oxidation sites excluding steroid dienone is 4. The summed E-state index contributed by atoms with van der Waals surface area (Å²) in [6.07, 6.45) is 3.70. The van der Waals surface area contributed by atoms with Crippen molar-refractivity contribution in [3.63, 3.8) is 0 Å². The predicted molar refractivity (Wildman–Crippen MR) is 247 cm³/mol. The highest BCUT2D eigenvalue weighted by Crippen LogP contribution is 2.49. The molecule has 0 radical (unpaired) electrons. The van der Waals surface area contributed by atoms with Crippen LogP contribution < -0.4 is 5.32 Å². The molecule has 2 aliphatic heterocycles. The molecule has 9 atom stereocenters. The average molecular weight is 866 g/mol. The van der Waals surface area contributed by atoms with E-state index in [1.54, 1.807) is 43.5 Å². The van der Waals surface area contributed by atoms with Crippen LogP contribution in [0.15, 0.2) is 77.5 Å². The van der Waals surface area contributed by atoms with Crippen LogP contribution in [0.25, 0.3) is 21.8 Å². The first kappa shape index (κ1) is 45.2. The Morgan fingerprint density at radius 2 is 1.78 bits per heavy atom. The maximum absolute atomic E-state index is 16.1. The lowest BCUT2D eigenvalue weighted by atomic mass is 9.64. The van der Waals surface area contributed by atoms with E-state index in [1.807, 2.05) is 53.7 Å². The van der Waals surface area contributed by atoms with E-state index >= 15 is 4.79 Å². The van der Waals surface area contributed by atoms with Crippen molar-refractivity contribution in [1.29, 1.82) is 0 Å². The largest absolute Gasteiger partial charge is 0.508 e. The van der Waals surface area contributed by atoms with E-state index < -0.39 is 41.9 Å². The highest BCUT2D eigenvalue weighted by molar-refractivity contribution is 6.17. The fourth-order valence-electron chi connectivity index (χ4n) is 10.5. The summed E-state index contributed by atoms with van der Waals surface area (Å²) < 4.78 is 27.9. The van der Waals surface area contributed by atoms with Crippen molar-refractivity contribution in [2.45, 2.75) is 155 Å². The minimum Gasteiger partial charge on any atom is -0.508 e. The van der Waals surface area contributed by atoms with Gasteiger partial charge in [-0.3, -0.25) is 14.6 Å². The lowest BCUT2D eigenvalue weighted by Gasteiger charge is -2.50. The summed E-state index contributed by atoms with van der Waals surface area (Å²) in [5.41, 5.74) is 3.44. The summed E-state index contributed by atoms with van der Waals surface area (Å²) in [5, 5.41) is 27.6. The molecule has 0 saturated carbocycles. The molecule has 4 aliphatic rings. The van der Waals surface area contributed by atoms with Crippen LogP contribution in [0.5, 0.6) is 5.75 Å². The quantitative estimate of drug-likeness (QED) is 0.0907. The number of aromatic hydroxyl groups is 1. The van der Waals surface area contributed by atoms with E-state index in [0.29, 0.717) is 35.1 Å². The number of aromatic nitrogens is 2. The Labute approximate surface area is 375 Å². The van der Waals surface area contributed by atoms with Crippen LogP contribution in [-0.4, -0.2) is 86.4 Å². The number of benzene rings is 2. The van der Waals surface area contributed by atoms with Crippen molar-refractivity contribution in [3.05, 3.63) is 105 Å². The van der Waals surface area contributed by atoms with Crippen molar-refractivity contribution < 1.29 is 38.7 Å². The Hall–Kier alpha value is -5.37. The number of nitrogens with one attached hydrogen (secondary N) is 2. The number of hydrogen-bond donors (Lipinski definition) is 4. The number of aromatic amines is 1. The number of aliphatic hydroxyl groups is 1. The second-order valence-electron chi connectivity index (χ2n) is 18.2. The molecule has 2 bridgehead atoms. The van der Waals surface area contributed by atoms with Gasteiger partial charge < -0.3 is 39.5 Å². The van der Waals surface area contributed by atoms with Crippen molar-refractivity contribution in [2.24, 2.45) is 0 Å². The Morgan fingerprint density at radius 1 is 1.03 bits per heavy atom. The van der Waals surface area contributed by atoms with E-state index in [2.05, 4.69) is 60.0 Å². The van der Waals surface area contributed by atoms with E-state index in [0.717, 1.165) is 45.0 Å². The van der Waals surface area contributed by atoms with Crippen LogP contribution >= 0.6 is 0 Å². The van der Waals surface area contributed by atoms with Crippen molar-refractivity contribution in [2.75, 3.05) is 0 Å². The number of pyridine rings is 1. The third-order valence-electron chi connectivity index (χ3n) is 13.3. The summed E-state index contributed by atoms with van der Waals surface area (Å²) >= 11 is 0. The van der Waals surface area contributed by atoms with Crippen molar-refractivity contribution in [3.8, 4) is 29.4 Å². The van der Waals surface area contributed by atoms with E-state index in [9.17, 15) is 15.0 Å². The number of fused-ring (bicyclic) bond motifs is 5. The van der Waals surface area contributed by atoms with Crippen LogP contribution in [-0.2, 0) is 29.2 Å². The molecule has 7 unspecified atom stereocenters. The first-order valence-electron chi connectivity index (χ1n) is 22.5. The molecular formula is C53H59N3O8. The molecule has 0 spiro atoms. The van der Waals surface area contributed by atoms with Gasteiger partial charge in [0.15, 0.2) is 29.7 Å². The fraction of sp³-hybridized carbons (Fsp3) is 0.453. The molecule has 8 rings (SSSR count). The standard InChI is InChI=1S/C53H59N3O8/c1-10-15-39-46-33(7)42(58)27-52(39,60)22-14-12-11-13-16-43(46)64-51-44(63-45-20-19-40(34(8)61-45)55-29(2)3)28-53(35(9)62-51,47-31(5)24-30(4)25-32(47)6)50(59)49-48-37(21-23-54-49)38-26-36(57)17-18-41(38)56-48/h11-12,15,17-18,21,23-26,29,34-35,40,43-45,51,55-57,60H,10,19-20,27-28H2,1-9H3/b12-11-,39-15+/t34?,35?,40?,43-,44?,45?,51?,52-,53?/m0/s1. The van der Waals surface area contributed by atoms with Gasteiger partial charge in [-0.15, -0.1) is 0 Å². The number of ketones is 2. The first-order chi connectivity index (χ1) is 30.5. The first-order valence-corrected chi connectivity index (χ1v) is 22.5. The molecular weight excluding hydrogens is 807 g/mol. The minimum absolute atomic E-state index is 0.105. The van der Waals surface area contributed by atoms with Crippen LogP contribution in [0.1, 0.15) is 106 Å². The lowest BCUT2D eigenvalue weighted by Crippen LogP contribution is -2.60. The lowest BCUT2D eigenvalue weighted by molar-refractivity contribution is -0.308. The van der Waals surface area contributed by atoms with Crippen molar-refractivity contribution in [1.82, 2.24) is 15.3 Å². The monoisotopic (exact) mass is 865 g/mol. The SMILES string of the molecule is CC/C=C1\C2=C(C)C(=O)C[C@@]1(O)C#C/C=C\C#C[C@@H]2OC1OC(C)C(C(=O)c2nccc3c2[nH]c2ccc(O)cc23)(c2c(C)cc(C)cc2C)CC1OC1CCC(NC(C)C)C(C)O1. The van der Waals surface area contributed by atoms with Gasteiger partial charge in [0.2, 0.25) is 0 Å². The summed E-state index contributed by atoms with van der Waals surface area (Å²) in [6, 6.07) is 11.5. The summed E-state index contributed by atoms with van der Waals surface area (Å²) in [5.74, 6) is 11.7. The highest BCUT2D eigenvalue weighted by atomic mass is 16.7. The zero-order valence-corrected chi connectivity index (χ0v) is 38.2. The topological polar surface area (TPSA) is 152 Å². The Balaban J connectivity index is 1.28. The molecule has 11 heteroatoms. The number of phenols is 1. The summed E-state index contributed by atoms with van der Waals surface area (Å²) in [6.45, 7) is 17.9. The van der Waals surface area contributed by atoms with Crippen LogP contribution in [0.2, 0.25) is 0 Å². The molecule has 2 aromatic carbocycles. The number of ether oxygens (including phenoxy) is 4. The highest BCUT2D eigenvalue weighted by Gasteiger charge is 2.57. The maximum atomic E-state index is 16.1. The Bertz CT molecular complexity index is 2720. The smallest absolute Gasteiger partial charge is 0.196 e. The molecule has 4 aromatic rings. The molecule has 4 N–H and O–H groups in total. The number of carbonyl (C=O) groups excluding carboxylic acids is 2. The van der Waals surface area contributed by atoms with Gasteiger partial charge in [-0.1, -0.05) is 68.2 Å². The molecule has 2 fully saturated rings. The molecule has 334 valence electrons. The van der Waals surface area contributed by atoms with Crippen LogP contribution in [0.4, 0.5) is 0 Å². The zero-order valence-electron chi connectivity index (χ0n) is 38.2. The molecule has 4 heterocycles. The Morgan fingerprint density at radius 3 is 2.50 bits per heavy atom. The summed E-state index contributed by atoms with van der Waals surface area (Å²) in [7, 11) is 0. The van der Waals surface area contributed by atoms with Gasteiger partial charge >= 0.3 is 0 Å². The van der Waals surface area contributed by atoms with Crippen LogP contribution in [0.3, 0.4) is 0 Å². The molecule has 2 saturated heterocycles. The number of H-pyrrole nitrogens is 1. The van der Waals surface area contributed by atoms with E-state index in [4.69, 9.17) is 23.9 Å². The molecule has 2 aliphatic carbocycles. The number of rotatable bonds is 10. The number of phenolic OH excluding ortho intramolecular Hbond substituents is 1. The molecule has 11 nitrogen and oxygen atoms in total. The van der Waals surface area contributed by atoms with Gasteiger partial charge in [0.25, 0.3) is 0 Å². The van der Waals surface area contributed by atoms with Gasteiger partial charge in [-0.2, -0.15) is 0 Å².